The molecular formula is C8H26O8P2. The molecule has 0 aromatic rings. The molecule has 0 spiro atoms. The Labute approximate surface area is 108 Å². The van der Waals surface area contributed by atoms with Gasteiger partial charge in [0.15, 0.2) is 0 Å². The largest absolute Gasteiger partial charge is 0.466 e. The summed E-state index contributed by atoms with van der Waals surface area (Å²) in [6.45, 7) is 8.72. The molecule has 18 heavy (non-hydrogen) atoms. The van der Waals surface area contributed by atoms with Crippen LogP contribution in [0.5, 0.6) is 0 Å². The summed E-state index contributed by atoms with van der Waals surface area (Å²) in [6.07, 6.45) is 5.28. The molecule has 0 saturated heterocycles. The van der Waals surface area contributed by atoms with Crippen LogP contribution in [0.4, 0.5) is 0 Å². The lowest BCUT2D eigenvalue weighted by molar-refractivity contribution is 0.272. The van der Waals surface area contributed by atoms with Gasteiger partial charge in [0.1, 0.15) is 0 Å². The van der Waals surface area contributed by atoms with Crippen molar-refractivity contribution in [1.82, 2.24) is 0 Å². The number of hydrogen-bond acceptors (Lipinski definition) is 2. The molecule has 0 atom stereocenters. The van der Waals surface area contributed by atoms with Crippen LogP contribution in [0.25, 0.3) is 0 Å². The molecule has 8 nitrogen and oxygen atoms in total. The summed E-state index contributed by atoms with van der Waals surface area (Å²) in [5.41, 5.74) is 0. The third kappa shape index (κ3) is 762. The van der Waals surface area contributed by atoms with Crippen LogP contribution < -0.4 is 0 Å². The molecule has 0 aromatic heterocycles. The van der Waals surface area contributed by atoms with Gasteiger partial charge in [0.05, 0.1) is 0 Å². The highest BCUT2D eigenvalue weighted by atomic mass is 31.2. The topological polar surface area (TPSA) is 156 Å². The van der Waals surface area contributed by atoms with Crippen molar-refractivity contribution in [2.75, 3.05) is 0 Å². The van der Waals surface area contributed by atoms with E-state index in [0.29, 0.717) is 0 Å². The number of phosphoric acid groups is 2. The SMILES string of the molecule is CCCC.CCCC.O=P(O)(O)O.O=P(O)(O)O. The summed E-state index contributed by atoms with van der Waals surface area (Å²) in [5, 5.41) is 0. The lowest BCUT2D eigenvalue weighted by atomic mass is 10.4. The quantitative estimate of drug-likeness (QED) is 0.421. The monoisotopic (exact) mass is 312 g/mol. The van der Waals surface area contributed by atoms with E-state index in [9.17, 15) is 0 Å². The van der Waals surface area contributed by atoms with Crippen LogP contribution in [0.2, 0.25) is 0 Å². The zero-order chi connectivity index (χ0) is 15.8. The van der Waals surface area contributed by atoms with Crippen LogP contribution in [0, 0.1) is 0 Å². The van der Waals surface area contributed by atoms with Crippen molar-refractivity contribution in [2.45, 2.75) is 53.4 Å². The molecular weight excluding hydrogens is 286 g/mol. The number of hydrogen-bond donors (Lipinski definition) is 6. The maximum absolute atomic E-state index is 8.88. The standard InChI is InChI=1S/2C4H10.2H3O4P/c2*1-3-4-2;2*1-5(2,3)4/h2*3-4H2,1-2H3;2*(H3,1,2,3,4). The molecule has 6 N–H and O–H groups in total. The van der Waals surface area contributed by atoms with E-state index in [1.54, 1.807) is 0 Å². The second-order valence-electron chi connectivity index (χ2n) is 3.03. The van der Waals surface area contributed by atoms with E-state index in [-0.39, 0.29) is 0 Å². The van der Waals surface area contributed by atoms with Crippen molar-refractivity contribution >= 4 is 15.6 Å². The van der Waals surface area contributed by atoms with E-state index in [1.165, 1.54) is 25.7 Å². The molecule has 0 aliphatic rings. The Morgan fingerprint density at radius 2 is 0.611 bits per heavy atom. The van der Waals surface area contributed by atoms with Crippen LogP contribution in [-0.2, 0) is 9.13 Å². The summed E-state index contributed by atoms with van der Waals surface area (Å²) in [5.74, 6) is 0. The molecule has 0 aliphatic heterocycles. The van der Waals surface area contributed by atoms with E-state index >= 15 is 0 Å². The van der Waals surface area contributed by atoms with Crippen molar-refractivity contribution in [3.05, 3.63) is 0 Å². The molecule has 0 aliphatic carbocycles. The first kappa shape index (κ1) is 26.7. The van der Waals surface area contributed by atoms with Gasteiger partial charge in [-0.25, -0.2) is 9.13 Å². The van der Waals surface area contributed by atoms with Crippen molar-refractivity contribution in [3.8, 4) is 0 Å². The van der Waals surface area contributed by atoms with Gasteiger partial charge < -0.3 is 29.4 Å². The second kappa shape index (κ2) is 17.2. The third-order valence-corrected chi connectivity index (χ3v) is 1.000. The molecule has 0 aromatic carbocycles. The van der Waals surface area contributed by atoms with E-state index in [1.807, 2.05) is 0 Å². The Kier molecular flexibility index (Phi) is 25.6. The van der Waals surface area contributed by atoms with E-state index in [0.717, 1.165) is 0 Å². The molecule has 0 saturated carbocycles. The van der Waals surface area contributed by atoms with Crippen LogP contribution >= 0.6 is 15.6 Å². The van der Waals surface area contributed by atoms with Crippen LogP contribution in [0.1, 0.15) is 53.4 Å². The van der Waals surface area contributed by atoms with Gasteiger partial charge in [-0.05, 0) is 0 Å². The predicted molar refractivity (Wildman–Crippen MR) is 69.7 cm³/mol. The van der Waals surface area contributed by atoms with Gasteiger partial charge in [-0.3, -0.25) is 0 Å². The molecule has 0 heterocycles. The summed E-state index contributed by atoms with van der Waals surface area (Å²) >= 11 is 0. The Balaban J connectivity index is -0.0000000731. The molecule has 0 rings (SSSR count). The average molecular weight is 312 g/mol. The molecule has 0 amide bonds. The minimum Gasteiger partial charge on any atom is -0.303 e. The molecule has 0 unspecified atom stereocenters. The van der Waals surface area contributed by atoms with Gasteiger partial charge in [-0.2, -0.15) is 0 Å². The van der Waals surface area contributed by atoms with Crippen molar-refractivity contribution in [1.29, 1.82) is 0 Å². The van der Waals surface area contributed by atoms with E-state index in [4.69, 9.17) is 38.5 Å². The third-order valence-electron chi connectivity index (χ3n) is 1.000. The summed E-state index contributed by atoms with van der Waals surface area (Å²) in [6, 6.07) is 0. The minimum absolute atomic E-state index is 1.32. The fraction of sp³-hybridized carbons (Fsp3) is 1.00. The zero-order valence-corrected chi connectivity index (χ0v) is 13.0. The first-order valence-electron chi connectivity index (χ1n) is 5.39. The minimum atomic E-state index is -4.64. The van der Waals surface area contributed by atoms with Gasteiger partial charge in [-0.1, -0.05) is 53.4 Å². The number of unbranched alkanes of at least 4 members (excludes halogenated alkanes) is 2. The van der Waals surface area contributed by atoms with Crippen molar-refractivity contribution < 1.29 is 38.5 Å². The summed E-state index contributed by atoms with van der Waals surface area (Å²) < 4.78 is 17.8. The lowest BCUT2D eigenvalue weighted by Crippen LogP contribution is -1.66. The van der Waals surface area contributed by atoms with Gasteiger partial charge in [0, 0.05) is 0 Å². The van der Waals surface area contributed by atoms with Crippen molar-refractivity contribution in [2.24, 2.45) is 0 Å². The Hall–Kier alpha value is 0.220. The molecule has 116 valence electrons. The first-order chi connectivity index (χ1) is 7.83. The zero-order valence-electron chi connectivity index (χ0n) is 11.2. The van der Waals surface area contributed by atoms with Crippen LogP contribution in [0.3, 0.4) is 0 Å². The first-order valence-corrected chi connectivity index (χ1v) is 8.52. The fourth-order valence-corrected chi connectivity index (χ4v) is 0. The summed E-state index contributed by atoms with van der Waals surface area (Å²) in [7, 11) is -9.28. The Morgan fingerprint density at radius 1 is 0.556 bits per heavy atom. The molecule has 0 radical (unpaired) electrons. The van der Waals surface area contributed by atoms with Crippen LogP contribution in [-0.4, -0.2) is 29.4 Å². The van der Waals surface area contributed by atoms with E-state index in [2.05, 4.69) is 27.7 Å². The van der Waals surface area contributed by atoms with Gasteiger partial charge in [0.25, 0.3) is 0 Å². The summed E-state index contributed by atoms with van der Waals surface area (Å²) in [4.78, 5) is 43.1. The Bertz CT molecular complexity index is 177. The van der Waals surface area contributed by atoms with Gasteiger partial charge >= 0.3 is 15.6 Å². The molecule has 10 heteroatoms. The fourth-order valence-electron chi connectivity index (χ4n) is 0. The number of rotatable bonds is 2. The van der Waals surface area contributed by atoms with Crippen molar-refractivity contribution in [3.63, 3.8) is 0 Å². The average Bonchev–Trinajstić information content (AvgIpc) is 2.12. The highest BCUT2D eigenvalue weighted by Crippen LogP contribution is 2.26. The van der Waals surface area contributed by atoms with Gasteiger partial charge in [-0.15, -0.1) is 0 Å². The molecule has 0 fully saturated rings. The van der Waals surface area contributed by atoms with E-state index < -0.39 is 15.6 Å². The normalized spacial score (nSPS) is 9.89. The molecule has 0 bridgehead atoms. The lowest BCUT2D eigenvalue weighted by Gasteiger charge is -1.82. The highest BCUT2D eigenvalue weighted by molar-refractivity contribution is 7.45. The maximum Gasteiger partial charge on any atom is 0.466 e. The Morgan fingerprint density at radius 3 is 0.611 bits per heavy atom. The predicted octanol–water partition coefficient (Wildman–Crippen LogP) is 1.76. The maximum atomic E-state index is 8.88. The highest BCUT2D eigenvalue weighted by Gasteiger charge is 2.00. The smallest absolute Gasteiger partial charge is 0.303 e. The second-order valence-corrected chi connectivity index (χ2v) is 5.08. The van der Waals surface area contributed by atoms with Gasteiger partial charge in [0.2, 0.25) is 0 Å². The van der Waals surface area contributed by atoms with Crippen LogP contribution in [0.15, 0.2) is 0 Å².